The van der Waals surface area contributed by atoms with Crippen molar-refractivity contribution < 1.29 is 0 Å². The maximum Gasteiger partial charge on any atom is 0.00956 e. The second-order valence-corrected chi connectivity index (χ2v) is 6.10. The first-order valence-corrected chi connectivity index (χ1v) is 8.62. The summed E-state index contributed by atoms with van der Waals surface area (Å²) in [6.45, 7) is 7.37. The van der Waals surface area contributed by atoms with E-state index in [0.29, 0.717) is 0 Å². The second-order valence-electron chi connectivity index (χ2n) is 6.10. The normalized spacial score (nSPS) is 20.7. The monoisotopic (exact) mass is 253 g/mol. The molecule has 1 aliphatic rings. The summed E-state index contributed by atoms with van der Waals surface area (Å²) in [6.07, 6.45) is 17.3. The van der Waals surface area contributed by atoms with E-state index in [-0.39, 0.29) is 0 Å². The van der Waals surface area contributed by atoms with Crippen molar-refractivity contribution in [1.29, 1.82) is 0 Å². The molecule has 18 heavy (non-hydrogen) atoms. The van der Waals surface area contributed by atoms with E-state index in [9.17, 15) is 0 Å². The summed E-state index contributed by atoms with van der Waals surface area (Å²) in [7, 11) is 0. The average molecular weight is 253 g/mol. The van der Waals surface area contributed by atoms with Crippen LogP contribution in [0.15, 0.2) is 0 Å². The number of rotatable bonds is 11. The van der Waals surface area contributed by atoms with Gasteiger partial charge in [-0.1, -0.05) is 65.2 Å². The van der Waals surface area contributed by atoms with Gasteiger partial charge in [0.1, 0.15) is 0 Å². The fourth-order valence-electron chi connectivity index (χ4n) is 3.30. The van der Waals surface area contributed by atoms with Gasteiger partial charge in [-0.15, -0.1) is 0 Å². The Labute approximate surface area is 115 Å². The van der Waals surface area contributed by atoms with Crippen LogP contribution >= 0.6 is 0 Å². The lowest BCUT2D eigenvalue weighted by molar-refractivity contribution is 0.236. The van der Waals surface area contributed by atoms with E-state index >= 15 is 0 Å². The van der Waals surface area contributed by atoms with Crippen molar-refractivity contribution in [3.05, 3.63) is 0 Å². The van der Waals surface area contributed by atoms with Gasteiger partial charge >= 0.3 is 0 Å². The van der Waals surface area contributed by atoms with Gasteiger partial charge in [-0.2, -0.15) is 0 Å². The molecule has 1 rings (SSSR count). The van der Waals surface area contributed by atoms with Gasteiger partial charge in [-0.25, -0.2) is 0 Å². The number of hydrogen-bond acceptors (Lipinski definition) is 1. The topological polar surface area (TPSA) is 3.24 Å². The molecule has 0 spiro atoms. The largest absolute Gasteiger partial charge is 0.300 e. The predicted molar refractivity (Wildman–Crippen MR) is 82.1 cm³/mol. The summed E-state index contributed by atoms with van der Waals surface area (Å²) in [5.74, 6) is 0. The lowest BCUT2D eigenvalue weighted by atomic mass is 10.1. The molecule has 0 saturated carbocycles. The molecule has 1 atom stereocenters. The van der Waals surface area contributed by atoms with Crippen LogP contribution in [0.3, 0.4) is 0 Å². The van der Waals surface area contributed by atoms with Crippen LogP contribution in [-0.4, -0.2) is 24.0 Å². The van der Waals surface area contributed by atoms with Gasteiger partial charge in [-0.05, 0) is 38.8 Å². The molecule has 1 nitrogen and oxygen atoms in total. The van der Waals surface area contributed by atoms with Gasteiger partial charge in [0.2, 0.25) is 0 Å². The summed E-state index contributed by atoms with van der Waals surface area (Å²) in [5.41, 5.74) is 0. The molecule has 1 unspecified atom stereocenters. The quantitative estimate of drug-likeness (QED) is 0.446. The first-order valence-electron chi connectivity index (χ1n) is 8.62. The molecule has 0 amide bonds. The molecule has 1 fully saturated rings. The van der Waals surface area contributed by atoms with Crippen LogP contribution in [0.2, 0.25) is 0 Å². The van der Waals surface area contributed by atoms with Crippen LogP contribution in [0, 0.1) is 0 Å². The molecule has 0 aromatic rings. The fourth-order valence-corrected chi connectivity index (χ4v) is 3.30. The molecular weight excluding hydrogens is 218 g/mol. The first kappa shape index (κ1) is 16.0. The Morgan fingerprint density at radius 1 is 0.833 bits per heavy atom. The van der Waals surface area contributed by atoms with E-state index in [4.69, 9.17) is 0 Å². The summed E-state index contributed by atoms with van der Waals surface area (Å²) in [6, 6.07) is 0.930. The third-order valence-corrected chi connectivity index (χ3v) is 4.42. The van der Waals surface area contributed by atoms with Crippen LogP contribution in [0.1, 0.15) is 90.9 Å². The van der Waals surface area contributed by atoms with Crippen molar-refractivity contribution in [3.63, 3.8) is 0 Å². The van der Waals surface area contributed by atoms with E-state index in [2.05, 4.69) is 18.7 Å². The number of hydrogen-bond donors (Lipinski definition) is 0. The SMILES string of the molecule is CCCCCCCCCCN1CCCC1CCC. The van der Waals surface area contributed by atoms with Crippen LogP contribution in [0.25, 0.3) is 0 Å². The average Bonchev–Trinajstić information content (AvgIpc) is 2.81. The Balaban J connectivity index is 1.91. The van der Waals surface area contributed by atoms with E-state index < -0.39 is 0 Å². The third kappa shape index (κ3) is 6.78. The Morgan fingerprint density at radius 3 is 2.17 bits per heavy atom. The minimum atomic E-state index is 0.930. The van der Waals surface area contributed by atoms with Crippen molar-refractivity contribution in [2.45, 2.75) is 96.9 Å². The molecule has 1 saturated heterocycles. The smallest absolute Gasteiger partial charge is 0.00956 e. The van der Waals surface area contributed by atoms with Gasteiger partial charge in [0, 0.05) is 6.04 Å². The molecule has 0 bridgehead atoms. The van der Waals surface area contributed by atoms with E-state index in [1.54, 1.807) is 0 Å². The Bertz CT molecular complexity index is 178. The van der Waals surface area contributed by atoms with Crippen molar-refractivity contribution in [3.8, 4) is 0 Å². The highest BCUT2D eigenvalue weighted by Gasteiger charge is 2.22. The summed E-state index contributed by atoms with van der Waals surface area (Å²) >= 11 is 0. The molecule has 108 valence electrons. The summed E-state index contributed by atoms with van der Waals surface area (Å²) in [5, 5.41) is 0. The van der Waals surface area contributed by atoms with E-state index in [0.717, 1.165) is 6.04 Å². The van der Waals surface area contributed by atoms with Gasteiger partial charge in [0.05, 0.1) is 0 Å². The van der Waals surface area contributed by atoms with Crippen molar-refractivity contribution >= 4 is 0 Å². The standard InChI is InChI=1S/C17H35N/c1-3-5-6-7-8-9-10-11-15-18-16-12-14-17(18)13-4-2/h17H,3-16H2,1-2H3. The van der Waals surface area contributed by atoms with Gasteiger partial charge in [0.15, 0.2) is 0 Å². The predicted octanol–water partition coefficient (Wildman–Crippen LogP) is 5.39. The molecule has 0 aromatic carbocycles. The molecule has 0 radical (unpaired) electrons. The lowest BCUT2D eigenvalue weighted by Gasteiger charge is -2.23. The number of nitrogens with zero attached hydrogens (tertiary/aromatic N) is 1. The van der Waals surface area contributed by atoms with Crippen molar-refractivity contribution in [1.82, 2.24) is 4.90 Å². The molecule has 1 heterocycles. The highest BCUT2D eigenvalue weighted by atomic mass is 15.2. The highest BCUT2D eigenvalue weighted by molar-refractivity contribution is 4.78. The zero-order valence-electron chi connectivity index (χ0n) is 12.9. The van der Waals surface area contributed by atoms with Crippen LogP contribution < -0.4 is 0 Å². The molecular formula is C17H35N. The zero-order chi connectivity index (χ0) is 13.1. The van der Waals surface area contributed by atoms with Crippen LogP contribution in [0.4, 0.5) is 0 Å². The molecule has 0 N–H and O–H groups in total. The van der Waals surface area contributed by atoms with Gasteiger partial charge in [0.25, 0.3) is 0 Å². The molecule has 1 heteroatoms. The maximum absolute atomic E-state index is 2.76. The maximum atomic E-state index is 2.76. The lowest BCUT2D eigenvalue weighted by Crippen LogP contribution is -2.30. The van der Waals surface area contributed by atoms with Crippen LogP contribution in [0.5, 0.6) is 0 Å². The molecule has 0 aromatic heterocycles. The van der Waals surface area contributed by atoms with Gasteiger partial charge in [-0.3, -0.25) is 0 Å². The highest BCUT2D eigenvalue weighted by Crippen LogP contribution is 2.21. The third-order valence-electron chi connectivity index (χ3n) is 4.42. The molecule has 0 aliphatic carbocycles. The van der Waals surface area contributed by atoms with Gasteiger partial charge < -0.3 is 4.90 Å². The number of unbranched alkanes of at least 4 members (excludes halogenated alkanes) is 7. The fraction of sp³-hybridized carbons (Fsp3) is 1.00. The zero-order valence-corrected chi connectivity index (χ0v) is 12.9. The summed E-state index contributed by atoms with van der Waals surface area (Å²) in [4.78, 5) is 2.76. The van der Waals surface area contributed by atoms with E-state index in [1.807, 2.05) is 0 Å². The van der Waals surface area contributed by atoms with E-state index in [1.165, 1.54) is 90.1 Å². The molecule has 1 aliphatic heterocycles. The van der Waals surface area contributed by atoms with Crippen LogP contribution in [-0.2, 0) is 0 Å². The Kier molecular flexibility index (Phi) is 9.65. The first-order chi connectivity index (χ1) is 8.88. The Hall–Kier alpha value is -0.0400. The van der Waals surface area contributed by atoms with Crippen molar-refractivity contribution in [2.75, 3.05) is 13.1 Å². The minimum absolute atomic E-state index is 0.930. The second kappa shape index (κ2) is 10.8. The number of likely N-dealkylation sites (tertiary alicyclic amines) is 1. The Morgan fingerprint density at radius 2 is 1.50 bits per heavy atom. The van der Waals surface area contributed by atoms with Crippen molar-refractivity contribution in [2.24, 2.45) is 0 Å². The summed E-state index contributed by atoms with van der Waals surface area (Å²) < 4.78 is 0. The minimum Gasteiger partial charge on any atom is -0.300 e.